The largest absolute Gasteiger partial charge is 0.313 e. The maximum atomic E-state index is 11.8. The van der Waals surface area contributed by atoms with E-state index in [1.54, 1.807) is 10.6 Å². The van der Waals surface area contributed by atoms with E-state index in [1.165, 1.54) is 12.8 Å². The van der Waals surface area contributed by atoms with Gasteiger partial charge >= 0.3 is 0 Å². The molecule has 1 aliphatic rings. The number of aryl methyl sites for hydroxylation is 2. The highest BCUT2D eigenvalue weighted by molar-refractivity contribution is 5.09. The van der Waals surface area contributed by atoms with Gasteiger partial charge in [0.25, 0.3) is 5.56 Å². The van der Waals surface area contributed by atoms with Gasteiger partial charge in [0.2, 0.25) is 0 Å². The van der Waals surface area contributed by atoms with Gasteiger partial charge in [-0.15, -0.1) is 10.2 Å². The molecule has 2 aromatic rings. The summed E-state index contributed by atoms with van der Waals surface area (Å²) in [6.45, 7) is 3.40. The van der Waals surface area contributed by atoms with Gasteiger partial charge in [0.15, 0.2) is 5.82 Å². The predicted octanol–water partition coefficient (Wildman–Crippen LogP) is 1.13. The first-order valence-corrected chi connectivity index (χ1v) is 6.32. The molecule has 0 fully saturated rings. The van der Waals surface area contributed by atoms with E-state index in [1.807, 2.05) is 19.2 Å². The zero-order valence-electron chi connectivity index (χ0n) is 10.5. The minimum atomic E-state index is 0.0168. The lowest BCUT2D eigenvalue weighted by atomic mass is 10.2. The van der Waals surface area contributed by atoms with Gasteiger partial charge in [0.05, 0.1) is 6.54 Å². The lowest BCUT2D eigenvalue weighted by Crippen LogP contribution is -2.22. The fraction of sp³-hybridized carbons (Fsp3) is 0.462. The number of fused-ring (bicyclic) bond motifs is 1. The quantitative estimate of drug-likeness (QED) is 0.795. The van der Waals surface area contributed by atoms with E-state index in [4.69, 9.17) is 0 Å². The number of rotatable bonds is 2. The summed E-state index contributed by atoms with van der Waals surface area (Å²) in [4.78, 5) is 11.8. The summed E-state index contributed by atoms with van der Waals surface area (Å²) in [5, 5.41) is 8.41. The molecule has 5 nitrogen and oxygen atoms in total. The van der Waals surface area contributed by atoms with Crippen LogP contribution in [0.15, 0.2) is 23.1 Å². The zero-order valence-corrected chi connectivity index (χ0v) is 10.5. The molecule has 0 saturated carbocycles. The van der Waals surface area contributed by atoms with Crippen molar-refractivity contribution in [2.75, 3.05) is 0 Å². The van der Waals surface area contributed by atoms with E-state index in [2.05, 4.69) is 14.8 Å². The van der Waals surface area contributed by atoms with E-state index in [0.717, 1.165) is 30.2 Å². The fourth-order valence-corrected chi connectivity index (χ4v) is 2.38. The van der Waals surface area contributed by atoms with Crippen LogP contribution in [0.2, 0.25) is 0 Å². The Kier molecular flexibility index (Phi) is 2.74. The first kappa shape index (κ1) is 11.2. The lowest BCUT2D eigenvalue weighted by Gasteiger charge is -2.15. The van der Waals surface area contributed by atoms with Gasteiger partial charge in [-0.05, 0) is 31.4 Å². The Bertz CT molecular complexity index is 626. The number of hydrogen-bond acceptors (Lipinski definition) is 3. The average molecular weight is 244 g/mol. The molecular weight excluding hydrogens is 228 g/mol. The SMILES string of the molecule is Cc1ccn(Cc2nnc3n2CCCC3)c(=O)c1. The molecule has 0 amide bonds. The Morgan fingerprint density at radius 3 is 3.06 bits per heavy atom. The van der Waals surface area contributed by atoms with Crippen LogP contribution in [0, 0.1) is 6.92 Å². The summed E-state index contributed by atoms with van der Waals surface area (Å²) in [6.07, 6.45) is 5.17. The minimum Gasteiger partial charge on any atom is -0.313 e. The second kappa shape index (κ2) is 4.40. The van der Waals surface area contributed by atoms with Gasteiger partial charge in [-0.3, -0.25) is 4.79 Å². The summed E-state index contributed by atoms with van der Waals surface area (Å²) in [6, 6.07) is 3.59. The van der Waals surface area contributed by atoms with Crippen molar-refractivity contribution in [1.82, 2.24) is 19.3 Å². The van der Waals surface area contributed by atoms with Crippen LogP contribution in [0.25, 0.3) is 0 Å². The maximum absolute atomic E-state index is 11.8. The predicted molar refractivity (Wildman–Crippen MR) is 67.5 cm³/mol. The van der Waals surface area contributed by atoms with Crippen molar-refractivity contribution in [3.05, 3.63) is 45.9 Å². The molecule has 0 radical (unpaired) electrons. The van der Waals surface area contributed by atoms with E-state index in [-0.39, 0.29) is 5.56 Å². The minimum absolute atomic E-state index is 0.0168. The lowest BCUT2D eigenvalue weighted by molar-refractivity contribution is 0.500. The smallest absolute Gasteiger partial charge is 0.251 e. The standard InChI is InChI=1S/C13H16N4O/c1-10-5-7-16(13(18)8-10)9-12-15-14-11-4-2-3-6-17(11)12/h5,7-8H,2-4,6,9H2,1H3. The monoisotopic (exact) mass is 244 g/mol. The first-order valence-electron chi connectivity index (χ1n) is 6.32. The molecule has 3 heterocycles. The highest BCUT2D eigenvalue weighted by atomic mass is 16.1. The maximum Gasteiger partial charge on any atom is 0.251 e. The number of hydrogen-bond donors (Lipinski definition) is 0. The Hall–Kier alpha value is -1.91. The summed E-state index contributed by atoms with van der Waals surface area (Å²) < 4.78 is 3.83. The van der Waals surface area contributed by atoms with E-state index in [9.17, 15) is 4.79 Å². The summed E-state index contributed by atoms with van der Waals surface area (Å²) in [7, 11) is 0. The van der Waals surface area contributed by atoms with Crippen molar-refractivity contribution in [1.29, 1.82) is 0 Å². The van der Waals surface area contributed by atoms with Crippen molar-refractivity contribution < 1.29 is 0 Å². The molecule has 1 aliphatic heterocycles. The van der Waals surface area contributed by atoms with Crippen LogP contribution in [0.5, 0.6) is 0 Å². The van der Waals surface area contributed by atoms with Crippen molar-refractivity contribution in [2.45, 2.75) is 39.3 Å². The second-order valence-electron chi connectivity index (χ2n) is 4.81. The normalized spacial score (nSPS) is 14.5. The topological polar surface area (TPSA) is 52.7 Å². The molecule has 18 heavy (non-hydrogen) atoms. The molecule has 2 aromatic heterocycles. The molecule has 0 aromatic carbocycles. The highest BCUT2D eigenvalue weighted by Crippen LogP contribution is 2.14. The van der Waals surface area contributed by atoms with Crippen molar-refractivity contribution in [3.63, 3.8) is 0 Å². The van der Waals surface area contributed by atoms with E-state index < -0.39 is 0 Å². The molecule has 5 heteroatoms. The van der Waals surface area contributed by atoms with Crippen molar-refractivity contribution in [2.24, 2.45) is 0 Å². The van der Waals surface area contributed by atoms with Crippen LogP contribution in [0.3, 0.4) is 0 Å². The van der Waals surface area contributed by atoms with Gasteiger partial charge in [0.1, 0.15) is 5.82 Å². The third-order valence-electron chi connectivity index (χ3n) is 3.40. The fourth-order valence-electron chi connectivity index (χ4n) is 2.38. The van der Waals surface area contributed by atoms with E-state index >= 15 is 0 Å². The summed E-state index contributed by atoms with van der Waals surface area (Å²) >= 11 is 0. The van der Waals surface area contributed by atoms with Crippen molar-refractivity contribution in [3.8, 4) is 0 Å². The van der Waals surface area contributed by atoms with Crippen molar-refractivity contribution >= 4 is 0 Å². The molecule has 0 atom stereocenters. The number of aromatic nitrogens is 4. The van der Waals surface area contributed by atoms with Crippen LogP contribution in [0.1, 0.15) is 30.1 Å². The average Bonchev–Trinajstić information content (AvgIpc) is 2.76. The Morgan fingerprint density at radius 2 is 2.22 bits per heavy atom. The van der Waals surface area contributed by atoms with Gasteiger partial charge in [-0.25, -0.2) is 0 Å². The molecule has 0 saturated heterocycles. The second-order valence-corrected chi connectivity index (χ2v) is 4.81. The molecular formula is C13H16N4O. The molecule has 0 N–H and O–H groups in total. The highest BCUT2D eigenvalue weighted by Gasteiger charge is 2.15. The Balaban J connectivity index is 1.93. The van der Waals surface area contributed by atoms with Gasteiger partial charge in [0, 0.05) is 25.2 Å². The van der Waals surface area contributed by atoms with Crippen LogP contribution < -0.4 is 5.56 Å². The van der Waals surface area contributed by atoms with Crippen LogP contribution in [0.4, 0.5) is 0 Å². The Labute approximate surface area is 105 Å². The molecule has 3 rings (SSSR count). The summed E-state index contributed by atoms with van der Waals surface area (Å²) in [5.74, 6) is 1.94. The molecule has 0 spiro atoms. The zero-order chi connectivity index (χ0) is 12.5. The molecule has 94 valence electrons. The molecule has 0 aliphatic carbocycles. The van der Waals surface area contributed by atoms with Crippen LogP contribution >= 0.6 is 0 Å². The van der Waals surface area contributed by atoms with E-state index in [0.29, 0.717) is 6.54 Å². The van der Waals surface area contributed by atoms with Crippen LogP contribution in [-0.2, 0) is 19.5 Å². The number of pyridine rings is 1. The third-order valence-corrected chi connectivity index (χ3v) is 3.40. The molecule has 0 bridgehead atoms. The van der Waals surface area contributed by atoms with Gasteiger partial charge in [-0.2, -0.15) is 0 Å². The molecule has 0 unspecified atom stereocenters. The number of nitrogens with zero attached hydrogens (tertiary/aromatic N) is 4. The van der Waals surface area contributed by atoms with Gasteiger partial charge in [-0.1, -0.05) is 0 Å². The Morgan fingerprint density at radius 1 is 1.33 bits per heavy atom. The first-order chi connectivity index (χ1) is 8.74. The third kappa shape index (κ3) is 1.96. The van der Waals surface area contributed by atoms with Gasteiger partial charge < -0.3 is 9.13 Å². The van der Waals surface area contributed by atoms with Crippen LogP contribution in [-0.4, -0.2) is 19.3 Å². The summed E-state index contributed by atoms with van der Waals surface area (Å²) in [5.41, 5.74) is 1.00.